The number of piperidine rings is 1. The van der Waals surface area contributed by atoms with Crippen molar-refractivity contribution in [1.29, 1.82) is 0 Å². The fraction of sp³-hybridized carbons (Fsp3) is 0.350. The van der Waals surface area contributed by atoms with E-state index in [1.807, 2.05) is 24.3 Å². The molecule has 3 rings (SSSR count). The third kappa shape index (κ3) is 5.31. The molecule has 1 heterocycles. The minimum Gasteiger partial charge on any atom is -0.349 e. The largest absolute Gasteiger partial charge is 0.349 e. The summed E-state index contributed by atoms with van der Waals surface area (Å²) in [6.07, 6.45) is 2.79. The van der Waals surface area contributed by atoms with Crippen LogP contribution in [0.3, 0.4) is 0 Å². The Balaban J connectivity index is 1.56. The third-order valence-electron chi connectivity index (χ3n) is 4.77. The van der Waals surface area contributed by atoms with Crippen molar-refractivity contribution in [2.45, 2.75) is 30.3 Å². The molecule has 2 aromatic carbocycles. The number of carbonyl (C=O) groups is 1. The van der Waals surface area contributed by atoms with Crippen LogP contribution in [0.15, 0.2) is 53.4 Å². The predicted molar refractivity (Wildman–Crippen MR) is 107 cm³/mol. The van der Waals surface area contributed by atoms with E-state index >= 15 is 0 Å². The van der Waals surface area contributed by atoms with Crippen LogP contribution in [-0.2, 0) is 16.4 Å². The Morgan fingerprint density at radius 3 is 2.37 bits per heavy atom. The number of rotatable bonds is 5. The third-order valence-corrected chi connectivity index (χ3v) is 6.18. The standard InChI is InChI=1S/C20H23ClN2O3S/c1-27(25,26)19-5-3-2-4-18(19)20(24)22-17-10-12-23(13-11-17)14-15-6-8-16(21)9-7-15/h2-9,17H,10-14H2,1H3,(H,22,24). The zero-order valence-corrected chi connectivity index (χ0v) is 16.8. The molecule has 1 aliphatic heterocycles. The van der Waals surface area contributed by atoms with Gasteiger partial charge >= 0.3 is 0 Å². The Morgan fingerprint density at radius 2 is 1.74 bits per heavy atom. The van der Waals surface area contributed by atoms with Crippen LogP contribution in [0.25, 0.3) is 0 Å². The lowest BCUT2D eigenvalue weighted by atomic mass is 10.0. The van der Waals surface area contributed by atoms with Gasteiger partial charge in [0, 0.05) is 37.0 Å². The van der Waals surface area contributed by atoms with Gasteiger partial charge in [-0.1, -0.05) is 35.9 Å². The van der Waals surface area contributed by atoms with E-state index in [0.29, 0.717) is 0 Å². The topological polar surface area (TPSA) is 66.5 Å². The molecular formula is C20H23ClN2O3S. The SMILES string of the molecule is CS(=O)(=O)c1ccccc1C(=O)NC1CCN(Cc2ccc(Cl)cc2)CC1. The second-order valence-electron chi connectivity index (χ2n) is 6.92. The second kappa shape index (κ2) is 8.42. The van der Waals surface area contributed by atoms with Gasteiger partial charge in [0.2, 0.25) is 0 Å². The molecule has 0 bridgehead atoms. The van der Waals surface area contributed by atoms with Crippen LogP contribution in [0.2, 0.25) is 5.02 Å². The lowest BCUT2D eigenvalue weighted by Gasteiger charge is -2.32. The summed E-state index contributed by atoms with van der Waals surface area (Å²) in [5.41, 5.74) is 1.42. The van der Waals surface area contributed by atoms with Crippen LogP contribution in [0.4, 0.5) is 0 Å². The van der Waals surface area contributed by atoms with Crippen molar-refractivity contribution in [2.24, 2.45) is 0 Å². The fourth-order valence-electron chi connectivity index (χ4n) is 3.32. The van der Waals surface area contributed by atoms with Gasteiger partial charge in [-0.2, -0.15) is 0 Å². The summed E-state index contributed by atoms with van der Waals surface area (Å²) >= 11 is 5.92. The average Bonchev–Trinajstić information content (AvgIpc) is 2.64. The van der Waals surface area contributed by atoms with Crippen molar-refractivity contribution in [3.63, 3.8) is 0 Å². The lowest BCUT2D eigenvalue weighted by Crippen LogP contribution is -2.44. The van der Waals surface area contributed by atoms with E-state index in [1.165, 1.54) is 11.6 Å². The highest BCUT2D eigenvalue weighted by Crippen LogP contribution is 2.18. The highest BCUT2D eigenvalue weighted by molar-refractivity contribution is 7.90. The average molecular weight is 407 g/mol. The van der Waals surface area contributed by atoms with E-state index in [-0.39, 0.29) is 22.4 Å². The molecule has 144 valence electrons. The van der Waals surface area contributed by atoms with Gasteiger partial charge in [-0.25, -0.2) is 8.42 Å². The molecule has 0 spiro atoms. The Labute approximate surface area is 165 Å². The van der Waals surface area contributed by atoms with Crippen molar-refractivity contribution >= 4 is 27.3 Å². The maximum atomic E-state index is 12.6. The Bertz CT molecular complexity index is 905. The van der Waals surface area contributed by atoms with Crippen LogP contribution >= 0.6 is 11.6 Å². The molecule has 2 aromatic rings. The highest BCUT2D eigenvalue weighted by Gasteiger charge is 2.24. The lowest BCUT2D eigenvalue weighted by molar-refractivity contribution is 0.0905. The Kier molecular flexibility index (Phi) is 6.19. The molecule has 0 atom stereocenters. The molecule has 1 aliphatic rings. The van der Waals surface area contributed by atoms with Gasteiger partial charge in [0.15, 0.2) is 9.84 Å². The number of hydrogen-bond donors (Lipinski definition) is 1. The first-order chi connectivity index (χ1) is 12.8. The second-order valence-corrected chi connectivity index (χ2v) is 9.34. The molecule has 1 fully saturated rings. The van der Waals surface area contributed by atoms with Gasteiger partial charge < -0.3 is 5.32 Å². The first kappa shape index (κ1) is 19.9. The summed E-state index contributed by atoms with van der Waals surface area (Å²) < 4.78 is 23.8. The molecule has 0 aromatic heterocycles. The number of amides is 1. The van der Waals surface area contributed by atoms with Gasteiger partial charge in [0.25, 0.3) is 5.91 Å². The molecule has 1 amide bonds. The van der Waals surface area contributed by atoms with Crippen molar-refractivity contribution < 1.29 is 13.2 Å². The number of hydrogen-bond acceptors (Lipinski definition) is 4. The molecule has 5 nitrogen and oxygen atoms in total. The Hall–Kier alpha value is -1.89. The summed E-state index contributed by atoms with van der Waals surface area (Å²) in [7, 11) is -3.44. The van der Waals surface area contributed by atoms with Gasteiger partial charge in [-0.3, -0.25) is 9.69 Å². The number of nitrogens with zero attached hydrogens (tertiary/aromatic N) is 1. The summed E-state index contributed by atoms with van der Waals surface area (Å²) in [5, 5.41) is 3.72. The molecule has 0 saturated carbocycles. The molecule has 1 N–H and O–H groups in total. The fourth-order valence-corrected chi connectivity index (χ4v) is 4.34. The van der Waals surface area contributed by atoms with Crippen LogP contribution in [0.1, 0.15) is 28.8 Å². The van der Waals surface area contributed by atoms with E-state index in [2.05, 4.69) is 10.2 Å². The molecule has 0 aliphatic carbocycles. The van der Waals surface area contributed by atoms with Crippen LogP contribution in [-0.4, -0.2) is 44.6 Å². The highest BCUT2D eigenvalue weighted by atomic mass is 35.5. The molecule has 27 heavy (non-hydrogen) atoms. The first-order valence-electron chi connectivity index (χ1n) is 8.89. The van der Waals surface area contributed by atoms with Crippen molar-refractivity contribution in [1.82, 2.24) is 10.2 Å². The number of nitrogens with one attached hydrogen (secondary N) is 1. The predicted octanol–water partition coefficient (Wildman–Crippen LogP) is 3.14. The van der Waals surface area contributed by atoms with E-state index in [0.717, 1.165) is 43.8 Å². The van der Waals surface area contributed by atoms with Gasteiger partial charge in [0.1, 0.15) is 0 Å². The molecule has 7 heteroatoms. The molecule has 1 saturated heterocycles. The Morgan fingerprint density at radius 1 is 1.11 bits per heavy atom. The summed E-state index contributed by atoms with van der Waals surface area (Å²) in [4.78, 5) is 15.0. The van der Waals surface area contributed by atoms with Crippen molar-refractivity contribution in [3.8, 4) is 0 Å². The summed E-state index contributed by atoms with van der Waals surface area (Å²) in [6.45, 7) is 2.61. The zero-order valence-electron chi connectivity index (χ0n) is 15.2. The van der Waals surface area contributed by atoms with Crippen LogP contribution in [0.5, 0.6) is 0 Å². The van der Waals surface area contributed by atoms with E-state index in [9.17, 15) is 13.2 Å². The maximum absolute atomic E-state index is 12.6. The number of carbonyl (C=O) groups excluding carboxylic acids is 1. The first-order valence-corrected chi connectivity index (χ1v) is 11.2. The minimum atomic E-state index is -3.44. The monoisotopic (exact) mass is 406 g/mol. The summed E-state index contributed by atoms with van der Waals surface area (Å²) in [6, 6.07) is 14.2. The van der Waals surface area contributed by atoms with E-state index < -0.39 is 9.84 Å². The van der Waals surface area contributed by atoms with E-state index in [4.69, 9.17) is 11.6 Å². The number of halogens is 1. The van der Waals surface area contributed by atoms with Gasteiger partial charge in [-0.05, 0) is 42.7 Å². The number of benzene rings is 2. The van der Waals surface area contributed by atoms with Gasteiger partial charge in [0.05, 0.1) is 10.5 Å². The van der Waals surface area contributed by atoms with Crippen molar-refractivity contribution in [3.05, 3.63) is 64.7 Å². The summed E-state index contributed by atoms with van der Waals surface area (Å²) in [5.74, 6) is -0.327. The van der Waals surface area contributed by atoms with Crippen LogP contribution < -0.4 is 5.32 Å². The zero-order chi connectivity index (χ0) is 19.4. The minimum absolute atomic E-state index is 0.0478. The normalized spacial score (nSPS) is 16.2. The van der Waals surface area contributed by atoms with Crippen molar-refractivity contribution in [2.75, 3.05) is 19.3 Å². The maximum Gasteiger partial charge on any atom is 0.252 e. The molecule has 0 unspecified atom stereocenters. The smallest absolute Gasteiger partial charge is 0.252 e. The van der Waals surface area contributed by atoms with Crippen LogP contribution in [0, 0.1) is 0 Å². The quantitative estimate of drug-likeness (QED) is 0.828. The molecule has 0 radical (unpaired) electrons. The van der Waals surface area contributed by atoms with E-state index in [1.54, 1.807) is 18.2 Å². The number of sulfone groups is 1. The molecular weight excluding hydrogens is 384 g/mol. The van der Waals surface area contributed by atoms with Gasteiger partial charge in [-0.15, -0.1) is 0 Å². The number of likely N-dealkylation sites (tertiary alicyclic amines) is 1.